The molecule has 1 aliphatic heterocycles. The lowest BCUT2D eigenvalue weighted by atomic mass is 10.2. The second-order valence-electron chi connectivity index (χ2n) is 6.07. The number of carbonyl (C=O) groups is 2. The maximum absolute atomic E-state index is 12.7. The predicted octanol–water partition coefficient (Wildman–Crippen LogP) is 3.97. The van der Waals surface area contributed by atoms with Gasteiger partial charge in [-0.2, -0.15) is 5.26 Å². The summed E-state index contributed by atoms with van der Waals surface area (Å²) in [5.74, 6) is -0.479. The van der Waals surface area contributed by atoms with Gasteiger partial charge in [-0.15, -0.1) is 11.3 Å². The van der Waals surface area contributed by atoms with Crippen LogP contribution in [0, 0.1) is 11.3 Å². The van der Waals surface area contributed by atoms with Crippen LogP contribution in [-0.4, -0.2) is 35.8 Å². The molecule has 140 valence electrons. The Balaban J connectivity index is 1.62. The SMILES string of the molecule is N#Cc1ccsc1NC(=O)CN1CCC[C@H]1C(=O)Nc1cc(Cl)ccc1Cl. The Morgan fingerprint density at radius 2 is 2.11 bits per heavy atom. The van der Waals surface area contributed by atoms with Crippen molar-refractivity contribution in [3.8, 4) is 6.07 Å². The molecule has 0 unspecified atom stereocenters. The summed E-state index contributed by atoms with van der Waals surface area (Å²) in [6.45, 7) is 0.717. The number of hydrogen-bond acceptors (Lipinski definition) is 5. The van der Waals surface area contributed by atoms with Crippen LogP contribution in [0.15, 0.2) is 29.6 Å². The molecule has 2 amide bonds. The molecule has 2 aromatic rings. The fraction of sp³-hybridized carbons (Fsp3) is 0.278. The molecule has 1 aromatic heterocycles. The highest BCUT2D eigenvalue weighted by Gasteiger charge is 2.32. The van der Waals surface area contributed by atoms with Crippen molar-refractivity contribution in [2.45, 2.75) is 18.9 Å². The number of carbonyl (C=O) groups excluding carboxylic acids is 2. The zero-order chi connectivity index (χ0) is 19.4. The number of nitrogens with one attached hydrogen (secondary N) is 2. The van der Waals surface area contributed by atoms with Crippen molar-refractivity contribution in [2.24, 2.45) is 0 Å². The maximum Gasteiger partial charge on any atom is 0.241 e. The smallest absolute Gasteiger partial charge is 0.241 e. The first-order valence-corrected chi connectivity index (χ1v) is 9.89. The summed E-state index contributed by atoms with van der Waals surface area (Å²) < 4.78 is 0. The number of thiophene rings is 1. The van der Waals surface area contributed by atoms with Crippen molar-refractivity contribution in [3.05, 3.63) is 45.3 Å². The second kappa shape index (κ2) is 8.72. The fourth-order valence-corrected chi connectivity index (χ4v) is 4.06. The molecule has 3 rings (SSSR count). The average Bonchev–Trinajstić information content (AvgIpc) is 3.27. The van der Waals surface area contributed by atoms with E-state index >= 15 is 0 Å². The summed E-state index contributed by atoms with van der Waals surface area (Å²) in [5, 5.41) is 17.7. The number of rotatable bonds is 5. The van der Waals surface area contributed by atoms with Gasteiger partial charge in [0.05, 0.1) is 28.9 Å². The number of likely N-dealkylation sites (tertiary alicyclic amines) is 1. The highest BCUT2D eigenvalue weighted by atomic mass is 35.5. The average molecular weight is 423 g/mol. The highest BCUT2D eigenvalue weighted by Crippen LogP contribution is 2.27. The van der Waals surface area contributed by atoms with Crippen LogP contribution in [0.4, 0.5) is 10.7 Å². The Morgan fingerprint density at radius 3 is 2.89 bits per heavy atom. The Morgan fingerprint density at radius 1 is 1.30 bits per heavy atom. The van der Waals surface area contributed by atoms with E-state index in [1.54, 1.807) is 29.6 Å². The third kappa shape index (κ3) is 4.79. The molecule has 1 aromatic carbocycles. The first kappa shape index (κ1) is 19.6. The summed E-state index contributed by atoms with van der Waals surface area (Å²) in [6.07, 6.45) is 1.47. The number of halogens is 2. The van der Waals surface area contributed by atoms with E-state index in [4.69, 9.17) is 28.5 Å². The van der Waals surface area contributed by atoms with Gasteiger partial charge in [0.25, 0.3) is 0 Å². The van der Waals surface area contributed by atoms with Gasteiger partial charge in [0.2, 0.25) is 11.8 Å². The second-order valence-corrected chi connectivity index (χ2v) is 7.83. The Labute approximate surface area is 170 Å². The minimum Gasteiger partial charge on any atom is -0.323 e. The molecule has 0 saturated carbocycles. The van der Waals surface area contributed by atoms with Gasteiger partial charge in [-0.1, -0.05) is 23.2 Å². The zero-order valence-corrected chi connectivity index (χ0v) is 16.5. The van der Waals surface area contributed by atoms with E-state index in [1.165, 1.54) is 11.3 Å². The summed E-state index contributed by atoms with van der Waals surface area (Å²) in [7, 11) is 0. The normalized spacial score (nSPS) is 16.7. The molecule has 2 heterocycles. The van der Waals surface area contributed by atoms with Crippen LogP contribution in [0.2, 0.25) is 10.0 Å². The van der Waals surface area contributed by atoms with Crippen LogP contribution in [0.1, 0.15) is 18.4 Å². The maximum atomic E-state index is 12.7. The monoisotopic (exact) mass is 422 g/mol. The Hall–Kier alpha value is -2.11. The Kier molecular flexibility index (Phi) is 6.34. The lowest BCUT2D eigenvalue weighted by Crippen LogP contribution is -2.43. The van der Waals surface area contributed by atoms with Crippen molar-refractivity contribution in [3.63, 3.8) is 0 Å². The van der Waals surface area contributed by atoms with Crippen molar-refractivity contribution < 1.29 is 9.59 Å². The molecule has 2 N–H and O–H groups in total. The van der Waals surface area contributed by atoms with Crippen LogP contribution in [0.25, 0.3) is 0 Å². The van der Waals surface area contributed by atoms with Crippen molar-refractivity contribution >= 4 is 57.0 Å². The first-order valence-electron chi connectivity index (χ1n) is 8.25. The molecule has 9 heteroatoms. The minimum atomic E-state index is -0.426. The lowest BCUT2D eigenvalue weighted by molar-refractivity contribution is -0.122. The summed E-state index contributed by atoms with van der Waals surface area (Å²) >= 11 is 13.3. The number of nitriles is 1. The standard InChI is InChI=1S/C18H16Cl2N4O2S/c19-12-3-4-13(20)14(8-12)22-17(26)15-2-1-6-24(15)10-16(25)23-18-11(9-21)5-7-27-18/h3-5,7-8,15H,1-2,6,10H2,(H,22,26)(H,23,25)/t15-/m0/s1. The number of nitrogens with zero attached hydrogens (tertiary/aromatic N) is 2. The highest BCUT2D eigenvalue weighted by molar-refractivity contribution is 7.14. The predicted molar refractivity (Wildman–Crippen MR) is 107 cm³/mol. The topological polar surface area (TPSA) is 85.2 Å². The molecule has 27 heavy (non-hydrogen) atoms. The zero-order valence-electron chi connectivity index (χ0n) is 14.2. The Bertz CT molecular complexity index is 909. The number of hydrogen-bond donors (Lipinski definition) is 2. The van der Waals surface area contributed by atoms with Crippen molar-refractivity contribution in [1.29, 1.82) is 5.26 Å². The van der Waals surface area contributed by atoms with Gasteiger partial charge in [-0.3, -0.25) is 14.5 Å². The molecular weight excluding hydrogens is 407 g/mol. The van der Waals surface area contributed by atoms with Crippen LogP contribution < -0.4 is 10.6 Å². The van der Waals surface area contributed by atoms with Crippen molar-refractivity contribution in [2.75, 3.05) is 23.7 Å². The van der Waals surface area contributed by atoms with Gasteiger partial charge in [0, 0.05) is 5.02 Å². The number of benzene rings is 1. The molecule has 0 radical (unpaired) electrons. The molecule has 0 spiro atoms. The van der Waals surface area contributed by atoms with Gasteiger partial charge in [0.15, 0.2) is 0 Å². The molecule has 6 nitrogen and oxygen atoms in total. The molecule has 1 fully saturated rings. The van der Waals surface area contributed by atoms with E-state index in [-0.39, 0.29) is 18.4 Å². The summed E-state index contributed by atoms with van der Waals surface area (Å²) in [4.78, 5) is 26.8. The van der Waals surface area contributed by atoms with Gasteiger partial charge in [-0.05, 0) is 49.0 Å². The third-order valence-corrected chi connectivity index (χ3v) is 5.63. The molecular formula is C18H16Cl2N4O2S. The van der Waals surface area contributed by atoms with E-state index in [0.29, 0.717) is 39.3 Å². The molecule has 1 saturated heterocycles. The van der Waals surface area contributed by atoms with E-state index in [2.05, 4.69) is 10.6 Å². The summed E-state index contributed by atoms with van der Waals surface area (Å²) in [6, 6.07) is 8.12. The minimum absolute atomic E-state index is 0.0735. The quantitative estimate of drug-likeness (QED) is 0.762. The molecule has 1 atom stereocenters. The first-order chi connectivity index (χ1) is 13.0. The number of amides is 2. The summed E-state index contributed by atoms with van der Waals surface area (Å²) in [5.41, 5.74) is 0.877. The van der Waals surface area contributed by atoms with Crippen molar-refractivity contribution in [1.82, 2.24) is 4.90 Å². The molecule has 1 aliphatic rings. The van der Waals surface area contributed by atoms with Crippen LogP contribution >= 0.6 is 34.5 Å². The number of anilines is 2. The van der Waals surface area contributed by atoms with Gasteiger partial charge < -0.3 is 10.6 Å². The van der Waals surface area contributed by atoms with Gasteiger partial charge in [0.1, 0.15) is 11.1 Å². The largest absolute Gasteiger partial charge is 0.323 e. The molecule has 0 aliphatic carbocycles. The van der Waals surface area contributed by atoms with Crippen LogP contribution in [0.3, 0.4) is 0 Å². The van der Waals surface area contributed by atoms with Gasteiger partial charge in [-0.25, -0.2) is 0 Å². The third-order valence-electron chi connectivity index (χ3n) is 4.24. The van der Waals surface area contributed by atoms with E-state index in [9.17, 15) is 9.59 Å². The lowest BCUT2D eigenvalue weighted by Gasteiger charge is -2.23. The van der Waals surface area contributed by atoms with E-state index in [0.717, 1.165) is 6.42 Å². The van der Waals surface area contributed by atoms with Crippen LogP contribution in [-0.2, 0) is 9.59 Å². The van der Waals surface area contributed by atoms with Crippen LogP contribution in [0.5, 0.6) is 0 Å². The molecule has 0 bridgehead atoms. The van der Waals surface area contributed by atoms with Gasteiger partial charge >= 0.3 is 0 Å². The fourth-order valence-electron chi connectivity index (χ4n) is 2.97. The van der Waals surface area contributed by atoms with E-state index in [1.807, 2.05) is 11.0 Å². The van der Waals surface area contributed by atoms with E-state index < -0.39 is 6.04 Å².